The number of piperidine rings is 1. The first kappa shape index (κ1) is 24.5. The van der Waals surface area contributed by atoms with Crippen LogP contribution in [-0.4, -0.2) is 43.3 Å². The standard InChI is InChI=1S/C26H27N3O5S2/c1-2-33-22-9-6-10-23-24(22)27-26(35-23)29(18-20-8-7-17-34-20)25(30)19-11-13-21(14-12-19)36(31,32)28-15-4-3-5-16-28/h6-14,17H,2-5,15-16,18H2,1H3. The van der Waals surface area contributed by atoms with Crippen LogP contribution in [0.3, 0.4) is 0 Å². The number of sulfonamides is 1. The van der Waals surface area contributed by atoms with Crippen LogP contribution in [0.4, 0.5) is 5.13 Å². The second kappa shape index (κ2) is 10.4. The van der Waals surface area contributed by atoms with Gasteiger partial charge < -0.3 is 9.15 Å². The van der Waals surface area contributed by atoms with Crippen molar-refractivity contribution in [3.05, 3.63) is 72.2 Å². The van der Waals surface area contributed by atoms with Gasteiger partial charge in [-0.3, -0.25) is 9.69 Å². The van der Waals surface area contributed by atoms with Crippen LogP contribution in [0.15, 0.2) is 70.2 Å². The molecule has 0 atom stereocenters. The summed E-state index contributed by atoms with van der Waals surface area (Å²) in [5.41, 5.74) is 1.06. The number of carbonyl (C=O) groups excluding carboxylic acids is 1. The van der Waals surface area contributed by atoms with E-state index in [1.54, 1.807) is 35.4 Å². The summed E-state index contributed by atoms with van der Waals surface area (Å²) in [4.78, 5) is 20.2. The molecule has 1 aliphatic rings. The van der Waals surface area contributed by atoms with E-state index in [9.17, 15) is 13.2 Å². The number of furan rings is 1. The van der Waals surface area contributed by atoms with Crippen LogP contribution in [0.5, 0.6) is 5.75 Å². The van der Waals surface area contributed by atoms with Crippen molar-refractivity contribution in [3.63, 3.8) is 0 Å². The Kier molecular flexibility index (Phi) is 7.08. The van der Waals surface area contributed by atoms with Crippen LogP contribution in [0.2, 0.25) is 0 Å². The normalized spacial score (nSPS) is 14.7. The van der Waals surface area contributed by atoms with E-state index in [0.29, 0.717) is 47.4 Å². The molecule has 0 spiro atoms. The molecule has 0 aliphatic carbocycles. The number of ether oxygens (including phenoxy) is 1. The van der Waals surface area contributed by atoms with Gasteiger partial charge >= 0.3 is 0 Å². The highest BCUT2D eigenvalue weighted by atomic mass is 32.2. The third-order valence-electron chi connectivity index (χ3n) is 6.09. The zero-order valence-electron chi connectivity index (χ0n) is 19.9. The van der Waals surface area contributed by atoms with Gasteiger partial charge in [0.25, 0.3) is 5.91 Å². The monoisotopic (exact) mass is 525 g/mol. The van der Waals surface area contributed by atoms with Crippen molar-refractivity contribution in [1.29, 1.82) is 0 Å². The molecule has 4 aromatic rings. The van der Waals surface area contributed by atoms with E-state index in [1.807, 2.05) is 25.1 Å². The summed E-state index contributed by atoms with van der Waals surface area (Å²) in [6.07, 6.45) is 4.34. The van der Waals surface area contributed by atoms with Gasteiger partial charge in [-0.25, -0.2) is 13.4 Å². The van der Waals surface area contributed by atoms with Crippen LogP contribution in [-0.2, 0) is 16.6 Å². The van der Waals surface area contributed by atoms with Gasteiger partial charge in [0, 0.05) is 18.7 Å². The first-order valence-corrected chi connectivity index (χ1v) is 14.2. The summed E-state index contributed by atoms with van der Waals surface area (Å²) in [7, 11) is -3.58. The summed E-state index contributed by atoms with van der Waals surface area (Å²) in [5.74, 6) is 0.970. The van der Waals surface area contributed by atoms with Crippen molar-refractivity contribution in [1.82, 2.24) is 9.29 Å². The number of hydrogen-bond donors (Lipinski definition) is 0. The molecule has 0 unspecified atom stereocenters. The van der Waals surface area contributed by atoms with Gasteiger partial charge in [-0.05, 0) is 68.3 Å². The van der Waals surface area contributed by atoms with Crippen LogP contribution in [0.25, 0.3) is 10.2 Å². The number of nitrogens with zero attached hydrogens (tertiary/aromatic N) is 3. The van der Waals surface area contributed by atoms with Gasteiger partial charge in [-0.1, -0.05) is 23.8 Å². The lowest BCUT2D eigenvalue weighted by Crippen LogP contribution is -2.35. The van der Waals surface area contributed by atoms with Gasteiger partial charge in [0.05, 0.1) is 29.0 Å². The summed E-state index contributed by atoms with van der Waals surface area (Å²) in [5, 5.41) is 0.503. The lowest BCUT2D eigenvalue weighted by atomic mass is 10.2. The molecule has 3 heterocycles. The highest BCUT2D eigenvalue weighted by molar-refractivity contribution is 7.89. The Balaban J connectivity index is 1.47. The first-order valence-electron chi connectivity index (χ1n) is 11.9. The fourth-order valence-electron chi connectivity index (χ4n) is 4.26. The van der Waals surface area contributed by atoms with E-state index in [4.69, 9.17) is 14.1 Å². The van der Waals surface area contributed by atoms with Gasteiger partial charge in [0.1, 0.15) is 17.0 Å². The fourth-order valence-corrected chi connectivity index (χ4v) is 6.76. The Labute approximate surface area is 214 Å². The number of benzene rings is 2. The van der Waals surface area contributed by atoms with Crippen molar-refractivity contribution < 1.29 is 22.4 Å². The van der Waals surface area contributed by atoms with Gasteiger partial charge in [0.2, 0.25) is 10.0 Å². The van der Waals surface area contributed by atoms with Crippen LogP contribution >= 0.6 is 11.3 Å². The molecular formula is C26H27N3O5S2. The minimum atomic E-state index is -3.58. The molecule has 1 aliphatic heterocycles. The molecule has 188 valence electrons. The van der Waals surface area contributed by atoms with Crippen molar-refractivity contribution in [2.45, 2.75) is 37.6 Å². The van der Waals surface area contributed by atoms with E-state index in [-0.39, 0.29) is 17.3 Å². The molecule has 5 rings (SSSR count). The third-order valence-corrected chi connectivity index (χ3v) is 9.05. The van der Waals surface area contributed by atoms with E-state index in [2.05, 4.69) is 0 Å². The number of rotatable bonds is 8. The summed E-state index contributed by atoms with van der Waals surface area (Å²) < 4.78 is 39.7. The number of para-hydroxylation sites is 1. The molecule has 10 heteroatoms. The number of carbonyl (C=O) groups is 1. The number of thiazole rings is 1. The van der Waals surface area contributed by atoms with Crippen molar-refractivity contribution >= 4 is 42.6 Å². The molecular weight excluding hydrogens is 498 g/mol. The van der Waals surface area contributed by atoms with Gasteiger partial charge in [0.15, 0.2) is 5.13 Å². The minimum Gasteiger partial charge on any atom is -0.492 e. The highest BCUT2D eigenvalue weighted by Crippen LogP contribution is 2.35. The Morgan fingerprint density at radius 3 is 2.56 bits per heavy atom. The lowest BCUT2D eigenvalue weighted by molar-refractivity contribution is 0.0983. The second-order valence-corrected chi connectivity index (χ2v) is 11.4. The van der Waals surface area contributed by atoms with Crippen LogP contribution in [0, 0.1) is 0 Å². The molecule has 8 nitrogen and oxygen atoms in total. The van der Waals surface area contributed by atoms with Crippen molar-refractivity contribution in [2.75, 3.05) is 24.6 Å². The summed E-state index contributed by atoms with van der Waals surface area (Å²) >= 11 is 1.39. The lowest BCUT2D eigenvalue weighted by Gasteiger charge is -2.26. The van der Waals surface area contributed by atoms with E-state index in [1.165, 1.54) is 27.8 Å². The zero-order chi connectivity index (χ0) is 25.1. The smallest absolute Gasteiger partial charge is 0.260 e. The second-order valence-electron chi connectivity index (χ2n) is 8.49. The maximum atomic E-state index is 13.7. The molecule has 1 amide bonds. The minimum absolute atomic E-state index is 0.184. The third kappa shape index (κ3) is 4.88. The Hall–Kier alpha value is -3.21. The SMILES string of the molecule is CCOc1cccc2sc(N(Cc3ccco3)C(=O)c3ccc(S(=O)(=O)N4CCCCC4)cc3)nc12. The molecule has 1 fully saturated rings. The predicted molar refractivity (Wildman–Crippen MR) is 139 cm³/mol. The number of fused-ring (bicyclic) bond motifs is 1. The highest BCUT2D eigenvalue weighted by Gasteiger charge is 2.27. The largest absolute Gasteiger partial charge is 0.492 e. The van der Waals surface area contributed by atoms with Gasteiger partial charge in [-0.15, -0.1) is 0 Å². The van der Waals surface area contributed by atoms with Crippen LogP contribution in [0.1, 0.15) is 42.3 Å². The Morgan fingerprint density at radius 1 is 1.08 bits per heavy atom. The zero-order valence-corrected chi connectivity index (χ0v) is 21.6. The molecule has 1 saturated heterocycles. The summed E-state index contributed by atoms with van der Waals surface area (Å²) in [6.45, 7) is 3.66. The van der Waals surface area contributed by atoms with Crippen molar-refractivity contribution in [2.24, 2.45) is 0 Å². The van der Waals surface area contributed by atoms with Crippen molar-refractivity contribution in [3.8, 4) is 5.75 Å². The van der Waals surface area contributed by atoms with Crippen LogP contribution < -0.4 is 9.64 Å². The molecule has 0 radical (unpaired) electrons. The number of amides is 1. The van der Waals surface area contributed by atoms with E-state index in [0.717, 1.165) is 24.0 Å². The molecule has 0 saturated carbocycles. The number of hydrogen-bond acceptors (Lipinski definition) is 7. The average molecular weight is 526 g/mol. The Morgan fingerprint density at radius 2 is 1.86 bits per heavy atom. The molecule has 36 heavy (non-hydrogen) atoms. The molecule has 2 aromatic heterocycles. The van der Waals surface area contributed by atoms with E-state index >= 15 is 0 Å². The predicted octanol–water partition coefficient (Wildman–Crippen LogP) is 5.31. The topological polar surface area (TPSA) is 92.9 Å². The number of anilines is 1. The number of aromatic nitrogens is 1. The van der Waals surface area contributed by atoms with E-state index < -0.39 is 10.0 Å². The average Bonchev–Trinajstić information content (AvgIpc) is 3.58. The first-order chi connectivity index (χ1) is 17.5. The van der Waals surface area contributed by atoms with Gasteiger partial charge in [-0.2, -0.15) is 4.31 Å². The Bertz CT molecular complexity index is 1440. The maximum Gasteiger partial charge on any atom is 0.260 e. The molecule has 2 aromatic carbocycles. The maximum absolute atomic E-state index is 13.7. The molecule has 0 bridgehead atoms. The fraction of sp³-hybridized carbons (Fsp3) is 0.308. The molecule has 0 N–H and O–H groups in total. The summed E-state index contributed by atoms with van der Waals surface area (Å²) in [6, 6.07) is 15.4. The quantitative estimate of drug-likeness (QED) is 0.310.